The summed E-state index contributed by atoms with van der Waals surface area (Å²) in [5.41, 5.74) is 8.20. The minimum atomic E-state index is -0.135. The topological polar surface area (TPSA) is 19.6 Å². The van der Waals surface area contributed by atoms with Gasteiger partial charge < -0.3 is 14.2 Å². The molecule has 6 rings (SSSR count). The molecule has 0 N–H and O–H groups in total. The van der Waals surface area contributed by atoms with Gasteiger partial charge in [-0.15, -0.1) is 0 Å². The molecule has 2 aliphatic rings. The second kappa shape index (κ2) is 6.52. The standard InChI is InChI=1S/C23H19N2O.Ag.HI/c1-23(2)16-8-6-9-18-21(16)25(13-24(18)3)17-12-11-15-14-7-4-5-10-19(14)26-22(15)20(17)23;;/h4-13H,1-3H3;;1H/q-1;+1;/p-1. The SMILES string of the molecule is CN1[CH-]N2c3ccc4c(oc5ccccc54)c3C(C)(C)c3cccc1c32.[Ag][I]. The third-order valence-corrected chi connectivity index (χ3v) is 6.01. The summed E-state index contributed by atoms with van der Waals surface area (Å²) in [6.07, 6.45) is 0. The molecule has 146 valence electrons. The number of rotatable bonds is 0. The average Bonchev–Trinajstić information content (AvgIpc) is 3.26. The van der Waals surface area contributed by atoms with Crippen LogP contribution in [0, 0.1) is 6.67 Å². The van der Waals surface area contributed by atoms with Gasteiger partial charge in [-0.1, -0.05) is 44.2 Å². The summed E-state index contributed by atoms with van der Waals surface area (Å²) in [6.45, 7) is 6.80. The minimum absolute atomic E-state index is 0.135. The van der Waals surface area contributed by atoms with Crippen LogP contribution in [0.1, 0.15) is 25.0 Å². The van der Waals surface area contributed by atoms with Gasteiger partial charge in [-0.25, -0.2) is 0 Å². The van der Waals surface area contributed by atoms with Crippen LogP contribution >= 0.6 is 19.0 Å². The fourth-order valence-corrected chi connectivity index (χ4v) is 4.77. The zero-order valence-electron chi connectivity index (χ0n) is 15.8. The number of fused-ring (bicyclic) bond motifs is 6. The van der Waals surface area contributed by atoms with Crippen LogP contribution in [0.5, 0.6) is 0 Å². The van der Waals surface area contributed by atoms with Crippen LogP contribution in [-0.2, 0) is 22.7 Å². The van der Waals surface area contributed by atoms with Crippen molar-refractivity contribution in [2.45, 2.75) is 19.3 Å². The van der Waals surface area contributed by atoms with Crippen LogP contribution in [0.25, 0.3) is 21.9 Å². The van der Waals surface area contributed by atoms with Crippen molar-refractivity contribution >= 4 is 58.0 Å². The van der Waals surface area contributed by atoms with Gasteiger partial charge >= 0.3 is 36.3 Å². The summed E-state index contributed by atoms with van der Waals surface area (Å²) in [5, 5.41) is 2.38. The number of nitrogens with zero attached hydrogens (tertiary/aromatic N) is 2. The van der Waals surface area contributed by atoms with E-state index in [1.807, 2.05) is 25.1 Å². The first kappa shape index (κ1) is 18.6. The van der Waals surface area contributed by atoms with E-state index < -0.39 is 0 Å². The van der Waals surface area contributed by atoms with Crippen LogP contribution in [0.3, 0.4) is 0 Å². The summed E-state index contributed by atoms with van der Waals surface area (Å²) < 4.78 is 6.38. The molecule has 0 spiro atoms. The molecule has 0 aliphatic carbocycles. The Kier molecular flexibility index (Phi) is 4.32. The Balaban J connectivity index is 0.000000829. The fourth-order valence-electron chi connectivity index (χ4n) is 4.77. The average molecular weight is 574 g/mol. The molecule has 0 atom stereocenters. The maximum atomic E-state index is 6.38. The number of benzene rings is 3. The molecule has 0 bridgehead atoms. The number of halogens is 1. The second-order valence-corrected chi connectivity index (χ2v) is 7.83. The molecule has 1 aromatic heterocycles. The van der Waals surface area contributed by atoms with Crippen molar-refractivity contribution in [1.29, 1.82) is 0 Å². The van der Waals surface area contributed by atoms with E-state index in [0.717, 1.165) is 11.2 Å². The van der Waals surface area contributed by atoms with Gasteiger partial charge in [0.2, 0.25) is 0 Å². The molecule has 0 unspecified atom stereocenters. The molecule has 0 fully saturated rings. The monoisotopic (exact) mass is 573 g/mol. The number of para-hydroxylation sites is 2. The zero-order valence-corrected chi connectivity index (χ0v) is 19.4. The van der Waals surface area contributed by atoms with E-state index in [2.05, 4.69) is 103 Å². The van der Waals surface area contributed by atoms with E-state index in [-0.39, 0.29) is 5.41 Å². The van der Waals surface area contributed by atoms with E-state index in [0.29, 0.717) is 0 Å². The molecule has 0 amide bonds. The summed E-state index contributed by atoms with van der Waals surface area (Å²) in [7, 11) is 2.11. The van der Waals surface area contributed by atoms with Crippen molar-refractivity contribution in [1.82, 2.24) is 0 Å². The van der Waals surface area contributed by atoms with Crippen LogP contribution in [0.15, 0.2) is 59.0 Å². The van der Waals surface area contributed by atoms with E-state index in [1.165, 1.54) is 39.0 Å². The van der Waals surface area contributed by atoms with Crippen LogP contribution in [0.2, 0.25) is 0 Å². The van der Waals surface area contributed by atoms with Gasteiger partial charge in [-0.3, -0.25) is 0 Å². The molecule has 28 heavy (non-hydrogen) atoms. The molecule has 3 nitrogen and oxygen atoms in total. The summed E-state index contributed by atoms with van der Waals surface area (Å²) >= 11 is 4.88. The quantitative estimate of drug-likeness (QED) is 0.131. The molecule has 5 heteroatoms. The van der Waals surface area contributed by atoms with Gasteiger partial charge in [-0.2, -0.15) is 6.67 Å². The Bertz CT molecular complexity index is 1230. The molecule has 3 heterocycles. The van der Waals surface area contributed by atoms with Crippen molar-refractivity contribution in [3.05, 3.63) is 72.4 Å². The van der Waals surface area contributed by atoms with E-state index in [1.54, 1.807) is 0 Å². The van der Waals surface area contributed by atoms with Crippen LogP contribution < -0.4 is 9.80 Å². The molecule has 0 radical (unpaired) electrons. The van der Waals surface area contributed by atoms with E-state index in [4.69, 9.17) is 4.42 Å². The number of furan rings is 1. The first-order valence-electron chi connectivity index (χ1n) is 9.14. The first-order chi connectivity index (χ1) is 13.6. The molecule has 0 saturated heterocycles. The maximum absolute atomic E-state index is 6.38. The summed E-state index contributed by atoms with van der Waals surface area (Å²) in [5.74, 6) is 0. The number of hydrogen-bond donors (Lipinski definition) is 0. The Morgan fingerprint density at radius 2 is 1.71 bits per heavy atom. The van der Waals surface area contributed by atoms with Crippen molar-refractivity contribution in [2.24, 2.45) is 0 Å². The van der Waals surface area contributed by atoms with Crippen LogP contribution in [-0.4, -0.2) is 7.05 Å². The third-order valence-electron chi connectivity index (χ3n) is 6.01. The molecular formula is C23H19AgIN2O-. The Morgan fingerprint density at radius 1 is 0.929 bits per heavy atom. The van der Waals surface area contributed by atoms with Gasteiger partial charge in [0.1, 0.15) is 11.2 Å². The van der Waals surface area contributed by atoms with Gasteiger partial charge in [0, 0.05) is 38.8 Å². The zero-order chi connectivity index (χ0) is 19.6. The Labute approximate surface area is 187 Å². The first-order valence-corrected chi connectivity index (χ1v) is 13.5. The number of hydrogen-bond acceptors (Lipinski definition) is 3. The fraction of sp³-hybridized carbons (Fsp3) is 0.174. The molecule has 0 saturated carbocycles. The van der Waals surface area contributed by atoms with Gasteiger partial charge in [0.05, 0.1) is 0 Å². The predicted molar refractivity (Wildman–Crippen MR) is 121 cm³/mol. The summed E-state index contributed by atoms with van der Waals surface area (Å²) in [6, 6.07) is 19.4. The Morgan fingerprint density at radius 3 is 2.54 bits per heavy atom. The van der Waals surface area contributed by atoms with Crippen molar-refractivity contribution in [3.8, 4) is 0 Å². The number of anilines is 3. The Hall–Kier alpha value is -1.47. The van der Waals surface area contributed by atoms with Gasteiger partial charge in [0.25, 0.3) is 0 Å². The molecule has 3 aromatic carbocycles. The third kappa shape index (κ3) is 2.32. The molecular weight excluding hydrogens is 555 g/mol. The second-order valence-electron chi connectivity index (χ2n) is 7.83. The molecule has 2 aliphatic heterocycles. The van der Waals surface area contributed by atoms with Crippen molar-refractivity contribution in [3.63, 3.8) is 0 Å². The van der Waals surface area contributed by atoms with Crippen molar-refractivity contribution in [2.75, 3.05) is 16.8 Å². The predicted octanol–water partition coefficient (Wildman–Crippen LogP) is 6.82. The van der Waals surface area contributed by atoms with Crippen LogP contribution in [0.4, 0.5) is 17.1 Å². The van der Waals surface area contributed by atoms with E-state index >= 15 is 0 Å². The van der Waals surface area contributed by atoms with Gasteiger partial charge in [0.15, 0.2) is 0 Å². The molecule has 4 aromatic rings. The summed E-state index contributed by atoms with van der Waals surface area (Å²) in [4.78, 5) is 4.52. The van der Waals surface area contributed by atoms with Gasteiger partial charge in [-0.05, 0) is 36.9 Å². The normalized spacial score (nSPS) is 16.1. The van der Waals surface area contributed by atoms with Crippen molar-refractivity contribution < 1.29 is 21.7 Å². The van der Waals surface area contributed by atoms with E-state index in [9.17, 15) is 0 Å².